The molecule has 3 heteroatoms. The van der Waals surface area contributed by atoms with Gasteiger partial charge in [-0.1, -0.05) is 0 Å². The van der Waals surface area contributed by atoms with Crippen LogP contribution in [-0.4, -0.2) is 6.54 Å². The summed E-state index contributed by atoms with van der Waals surface area (Å²) >= 11 is 0. The second kappa shape index (κ2) is 3.90. The Balaban J connectivity index is 3.14. The van der Waals surface area contributed by atoms with Crippen molar-refractivity contribution in [3.8, 4) is 6.07 Å². The summed E-state index contributed by atoms with van der Waals surface area (Å²) in [6, 6.07) is 4.71. The summed E-state index contributed by atoms with van der Waals surface area (Å²) in [4.78, 5) is 0. The Morgan fingerprint density at radius 1 is 1.54 bits per heavy atom. The van der Waals surface area contributed by atoms with E-state index < -0.39 is 5.82 Å². The van der Waals surface area contributed by atoms with E-state index in [9.17, 15) is 4.39 Å². The summed E-state index contributed by atoms with van der Waals surface area (Å²) in [6.07, 6.45) is 0. The molecule has 0 aliphatic carbocycles. The molecule has 0 amide bonds. The lowest BCUT2D eigenvalue weighted by molar-refractivity contribution is 0.624. The van der Waals surface area contributed by atoms with E-state index in [0.717, 1.165) is 17.8 Å². The summed E-state index contributed by atoms with van der Waals surface area (Å²) in [6.45, 7) is 4.53. The number of benzene rings is 1. The van der Waals surface area contributed by atoms with Crippen molar-refractivity contribution in [2.75, 3.05) is 11.9 Å². The molecular weight excluding hydrogens is 167 g/mol. The predicted octanol–water partition coefficient (Wildman–Crippen LogP) is 2.44. The van der Waals surface area contributed by atoms with Crippen LogP contribution in [-0.2, 0) is 0 Å². The maximum Gasteiger partial charge on any atom is 0.143 e. The van der Waals surface area contributed by atoms with Crippen molar-refractivity contribution >= 4 is 5.69 Å². The Kier molecular flexibility index (Phi) is 2.86. The highest BCUT2D eigenvalue weighted by atomic mass is 19.1. The van der Waals surface area contributed by atoms with Crippen LogP contribution in [0.4, 0.5) is 10.1 Å². The van der Waals surface area contributed by atoms with Gasteiger partial charge >= 0.3 is 0 Å². The topological polar surface area (TPSA) is 35.8 Å². The number of nitrogens with zero attached hydrogens (tertiary/aromatic N) is 1. The van der Waals surface area contributed by atoms with E-state index >= 15 is 0 Å². The molecule has 0 saturated heterocycles. The van der Waals surface area contributed by atoms with Crippen molar-refractivity contribution in [3.63, 3.8) is 0 Å². The third-order valence-corrected chi connectivity index (χ3v) is 1.80. The summed E-state index contributed by atoms with van der Waals surface area (Å²) in [5.41, 5.74) is 1.73. The Morgan fingerprint density at radius 3 is 2.77 bits per heavy atom. The van der Waals surface area contributed by atoms with Crippen LogP contribution >= 0.6 is 0 Å². The van der Waals surface area contributed by atoms with Crippen LogP contribution in [0.25, 0.3) is 0 Å². The number of halogens is 1. The maximum atomic E-state index is 13.1. The summed E-state index contributed by atoms with van der Waals surface area (Å²) in [5, 5.41) is 11.6. The normalized spacial score (nSPS) is 9.38. The van der Waals surface area contributed by atoms with Gasteiger partial charge in [0.2, 0.25) is 0 Å². The van der Waals surface area contributed by atoms with E-state index in [1.165, 1.54) is 6.07 Å². The van der Waals surface area contributed by atoms with Gasteiger partial charge in [0.1, 0.15) is 11.9 Å². The maximum absolute atomic E-state index is 13.1. The van der Waals surface area contributed by atoms with Gasteiger partial charge in [-0.25, -0.2) is 4.39 Å². The number of aryl methyl sites for hydroxylation is 1. The van der Waals surface area contributed by atoms with Gasteiger partial charge in [-0.2, -0.15) is 5.26 Å². The molecule has 1 rings (SSSR count). The molecule has 0 atom stereocenters. The molecule has 68 valence electrons. The Hall–Kier alpha value is -1.56. The molecule has 0 fully saturated rings. The van der Waals surface area contributed by atoms with E-state index in [4.69, 9.17) is 5.26 Å². The highest BCUT2D eigenvalue weighted by molar-refractivity contribution is 5.54. The summed E-state index contributed by atoms with van der Waals surface area (Å²) in [7, 11) is 0. The fourth-order valence-electron chi connectivity index (χ4n) is 1.15. The lowest BCUT2D eigenvalue weighted by atomic mass is 10.1. The van der Waals surface area contributed by atoms with Crippen LogP contribution in [0.2, 0.25) is 0 Å². The van der Waals surface area contributed by atoms with Gasteiger partial charge in [-0.15, -0.1) is 0 Å². The first-order valence-electron chi connectivity index (χ1n) is 4.13. The molecule has 0 bridgehead atoms. The van der Waals surface area contributed by atoms with E-state index in [-0.39, 0.29) is 5.56 Å². The Morgan fingerprint density at radius 2 is 2.23 bits per heavy atom. The van der Waals surface area contributed by atoms with Gasteiger partial charge in [-0.05, 0) is 31.5 Å². The zero-order chi connectivity index (χ0) is 9.84. The lowest BCUT2D eigenvalue weighted by Gasteiger charge is -2.07. The minimum atomic E-state index is -0.468. The van der Waals surface area contributed by atoms with Gasteiger partial charge in [0, 0.05) is 12.2 Å². The molecule has 13 heavy (non-hydrogen) atoms. The number of anilines is 1. The molecule has 0 unspecified atom stereocenters. The van der Waals surface area contributed by atoms with Crippen molar-refractivity contribution < 1.29 is 4.39 Å². The average molecular weight is 178 g/mol. The quantitative estimate of drug-likeness (QED) is 0.755. The standard InChI is InChI=1S/C10H11FN2/c1-3-13-10-5-9(11)8(6-12)4-7(10)2/h4-5,13H,3H2,1-2H3. The fourth-order valence-corrected chi connectivity index (χ4v) is 1.15. The molecule has 1 aromatic rings. The molecule has 0 aliphatic heterocycles. The van der Waals surface area contributed by atoms with E-state index in [1.807, 2.05) is 13.8 Å². The molecule has 1 N–H and O–H groups in total. The van der Waals surface area contributed by atoms with Gasteiger partial charge in [0.25, 0.3) is 0 Å². The molecule has 0 saturated carbocycles. The van der Waals surface area contributed by atoms with Crippen LogP contribution in [0.15, 0.2) is 12.1 Å². The number of nitriles is 1. The molecule has 0 aromatic heterocycles. The highest BCUT2D eigenvalue weighted by Crippen LogP contribution is 2.19. The number of nitrogens with one attached hydrogen (secondary N) is 1. The number of rotatable bonds is 2. The number of hydrogen-bond donors (Lipinski definition) is 1. The first-order chi connectivity index (χ1) is 6.19. The van der Waals surface area contributed by atoms with E-state index in [1.54, 1.807) is 12.1 Å². The van der Waals surface area contributed by atoms with Crippen molar-refractivity contribution in [1.82, 2.24) is 0 Å². The Labute approximate surface area is 77.0 Å². The zero-order valence-corrected chi connectivity index (χ0v) is 7.69. The fraction of sp³-hybridized carbons (Fsp3) is 0.300. The largest absolute Gasteiger partial charge is 0.385 e. The first-order valence-corrected chi connectivity index (χ1v) is 4.13. The minimum Gasteiger partial charge on any atom is -0.385 e. The van der Waals surface area contributed by atoms with E-state index in [2.05, 4.69) is 5.32 Å². The molecule has 0 radical (unpaired) electrons. The van der Waals surface area contributed by atoms with Crippen molar-refractivity contribution in [1.29, 1.82) is 5.26 Å². The highest BCUT2D eigenvalue weighted by Gasteiger charge is 2.05. The predicted molar refractivity (Wildman–Crippen MR) is 50.0 cm³/mol. The SMILES string of the molecule is CCNc1cc(F)c(C#N)cc1C. The first kappa shape index (κ1) is 9.53. The smallest absolute Gasteiger partial charge is 0.143 e. The lowest BCUT2D eigenvalue weighted by Crippen LogP contribution is -2.00. The third kappa shape index (κ3) is 1.97. The van der Waals surface area contributed by atoms with Crippen LogP contribution in [0, 0.1) is 24.1 Å². The zero-order valence-electron chi connectivity index (χ0n) is 7.69. The average Bonchev–Trinajstić information content (AvgIpc) is 2.11. The van der Waals surface area contributed by atoms with Gasteiger partial charge in [-0.3, -0.25) is 0 Å². The summed E-state index contributed by atoms with van der Waals surface area (Å²) < 4.78 is 13.1. The van der Waals surface area contributed by atoms with Crippen LogP contribution in [0.1, 0.15) is 18.1 Å². The van der Waals surface area contributed by atoms with E-state index in [0.29, 0.717) is 0 Å². The van der Waals surface area contributed by atoms with Crippen LogP contribution < -0.4 is 5.32 Å². The van der Waals surface area contributed by atoms with Crippen molar-refractivity contribution in [2.24, 2.45) is 0 Å². The molecule has 0 heterocycles. The van der Waals surface area contributed by atoms with Gasteiger partial charge in [0.15, 0.2) is 0 Å². The van der Waals surface area contributed by atoms with Crippen LogP contribution in [0.3, 0.4) is 0 Å². The third-order valence-electron chi connectivity index (χ3n) is 1.80. The molecular formula is C10H11FN2. The molecule has 0 aliphatic rings. The Bertz CT molecular complexity index is 353. The van der Waals surface area contributed by atoms with Gasteiger partial charge < -0.3 is 5.32 Å². The molecule has 1 aromatic carbocycles. The monoisotopic (exact) mass is 178 g/mol. The van der Waals surface area contributed by atoms with Crippen LogP contribution in [0.5, 0.6) is 0 Å². The minimum absolute atomic E-state index is 0.0964. The molecule has 0 spiro atoms. The number of hydrogen-bond acceptors (Lipinski definition) is 2. The summed E-state index contributed by atoms with van der Waals surface area (Å²) in [5.74, 6) is -0.468. The second-order valence-corrected chi connectivity index (χ2v) is 2.79. The van der Waals surface area contributed by atoms with Gasteiger partial charge in [0.05, 0.1) is 5.56 Å². The second-order valence-electron chi connectivity index (χ2n) is 2.79. The van der Waals surface area contributed by atoms with Crippen molar-refractivity contribution in [3.05, 3.63) is 29.1 Å². The van der Waals surface area contributed by atoms with Crippen molar-refractivity contribution in [2.45, 2.75) is 13.8 Å². The molecule has 2 nitrogen and oxygen atoms in total.